The first-order valence-electron chi connectivity index (χ1n) is 14.1. The van der Waals surface area contributed by atoms with Gasteiger partial charge in [-0.05, 0) is 61.2 Å². The van der Waals surface area contributed by atoms with E-state index in [9.17, 15) is 28.7 Å². The average molecular weight is 635 g/mol. The van der Waals surface area contributed by atoms with Gasteiger partial charge in [-0.25, -0.2) is 9.29 Å². The minimum absolute atomic E-state index is 0.0710. The molecule has 7 rings (SSSR count). The lowest BCUT2D eigenvalue weighted by Gasteiger charge is -2.50. The summed E-state index contributed by atoms with van der Waals surface area (Å²) in [5.74, 6) is -6.83. The third kappa shape index (κ3) is 3.62. The van der Waals surface area contributed by atoms with Gasteiger partial charge in [0.25, 0.3) is 11.8 Å². The Labute approximate surface area is 261 Å². The fourth-order valence-electron chi connectivity index (χ4n) is 7.51. The standard InChI is InChI=1S/C33H25Cl2FN2O6/c1-44-24-9-5-8-22(27(24)39)26-20-14-15-21-25(29(41)37(28(21)40)18-6-3-2-4-7-18)23(20)16-32(34)30(42)38(31(43)33(26,32)35)19-12-10-17(36)11-13-19/h2-14,21,23,25-26,39H,15-16H2,1H3. The Morgan fingerprint density at radius 3 is 2.20 bits per heavy atom. The first-order valence-corrected chi connectivity index (χ1v) is 14.8. The Balaban J connectivity index is 1.43. The van der Waals surface area contributed by atoms with Crippen LogP contribution >= 0.6 is 23.2 Å². The number of ether oxygens (including phenoxy) is 1. The number of hydrogen-bond acceptors (Lipinski definition) is 6. The van der Waals surface area contributed by atoms with Crippen LogP contribution in [0.25, 0.3) is 0 Å². The van der Waals surface area contributed by atoms with Crippen LogP contribution in [0.15, 0.2) is 84.4 Å². The van der Waals surface area contributed by atoms with Gasteiger partial charge in [0.15, 0.2) is 21.2 Å². The van der Waals surface area contributed by atoms with Crippen molar-refractivity contribution < 1.29 is 33.4 Å². The van der Waals surface area contributed by atoms with Crippen molar-refractivity contribution in [3.05, 3.63) is 95.8 Å². The van der Waals surface area contributed by atoms with Crippen LogP contribution in [0.2, 0.25) is 0 Å². The normalized spacial score (nSPS) is 31.0. The molecule has 3 fully saturated rings. The van der Waals surface area contributed by atoms with Gasteiger partial charge in [0.1, 0.15) is 5.82 Å². The lowest BCUT2D eigenvalue weighted by molar-refractivity contribution is -0.125. The molecule has 44 heavy (non-hydrogen) atoms. The summed E-state index contributed by atoms with van der Waals surface area (Å²) in [7, 11) is 1.37. The highest BCUT2D eigenvalue weighted by atomic mass is 35.5. The molecule has 0 spiro atoms. The smallest absolute Gasteiger partial charge is 0.258 e. The third-order valence-corrected chi connectivity index (χ3v) is 10.9. The first-order chi connectivity index (χ1) is 21.0. The van der Waals surface area contributed by atoms with E-state index in [1.165, 1.54) is 30.2 Å². The number of carbonyl (C=O) groups excluding carboxylic acids is 4. The van der Waals surface area contributed by atoms with E-state index >= 15 is 0 Å². The van der Waals surface area contributed by atoms with Gasteiger partial charge < -0.3 is 9.84 Å². The van der Waals surface area contributed by atoms with E-state index < -0.39 is 57.0 Å². The Hall–Kier alpha value is -4.21. The van der Waals surface area contributed by atoms with Crippen LogP contribution < -0.4 is 14.5 Å². The highest BCUT2D eigenvalue weighted by Crippen LogP contribution is 2.66. The number of alkyl halides is 2. The molecule has 6 unspecified atom stereocenters. The predicted molar refractivity (Wildman–Crippen MR) is 160 cm³/mol. The molecular weight excluding hydrogens is 610 g/mol. The number of imide groups is 2. The van der Waals surface area contributed by atoms with Crippen LogP contribution in [0.3, 0.4) is 0 Å². The molecule has 2 saturated heterocycles. The molecule has 2 aliphatic carbocycles. The monoisotopic (exact) mass is 634 g/mol. The fraction of sp³-hybridized carbons (Fsp3) is 0.273. The summed E-state index contributed by atoms with van der Waals surface area (Å²) >= 11 is 14.7. The molecule has 0 bridgehead atoms. The molecule has 1 N–H and O–H groups in total. The number of methoxy groups -OCH3 is 1. The number of anilines is 2. The maximum atomic E-state index is 14.4. The largest absolute Gasteiger partial charge is 0.504 e. The Morgan fingerprint density at radius 1 is 0.841 bits per heavy atom. The van der Waals surface area contributed by atoms with Gasteiger partial charge in [-0.3, -0.25) is 24.1 Å². The molecule has 2 aliphatic heterocycles. The molecule has 3 aromatic carbocycles. The SMILES string of the molecule is COc1cccc(C2C3=CCC4C(=O)N(c5ccccc5)C(=O)C4C3CC3(Cl)C(=O)N(c4ccc(F)cc4)C(=O)C23Cl)c1O. The van der Waals surface area contributed by atoms with Crippen LogP contribution in [0.5, 0.6) is 11.5 Å². The topological polar surface area (TPSA) is 104 Å². The number of rotatable bonds is 4. The van der Waals surface area contributed by atoms with Crippen molar-refractivity contribution in [1.29, 1.82) is 0 Å². The number of para-hydroxylation sites is 2. The summed E-state index contributed by atoms with van der Waals surface area (Å²) in [5, 5.41) is 11.4. The molecule has 0 aromatic heterocycles. The van der Waals surface area contributed by atoms with E-state index in [-0.39, 0.29) is 41.5 Å². The van der Waals surface area contributed by atoms with Gasteiger partial charge in [-0.2, -0.15) is 0 Å². The maximum Gasteiger partial charge on any atom is 0.258 e. The number of allylic oxidation sites excluding steroid dienone is 2. The summed E-state index contributed by atoms with van der Waals surface area (Å²) in [6, 6.07) is 18.1. The van der Waals surface area contributed by atoms with Crippen molar-refractivity contribution in [2.75, 3.05) is 16.9 Å². The van der Waals surface area contributed by atoms with Crippen LogP contribution in [0.4, 0.5) is 15.8 Å². The summed E-state index contributed by atoms with van der Waals surface area (Å²) in [5.41, 5.74) is 1.21. The van der Waals surface area contributed by atoms with E-state index in [0.29, 0.717) is 11.3 Å². The van der Waals surface area contributed by atoms with Gasteiger partial charge >= 0.3 is 0 Å². The number of phenols is 1. The second-order valence-corrected chi connectivity index (χ2v) is 12.7. The lowest BCUT2D eigenvalue weighted by Crippen LogP contribution is -2.60. The number of benzene rings is 3. The summed E-state index contributed by atoms with van der Waals surface area (Å²) in [6.45, 7) is 0. The van der Waals surface area contributed by atoms with Crippen molar-refractivity contribution in [1.82, 2.24) is 0 Å². The number of phenolic OH excluding ortho intramolecular Hbond substituents is 1. The molecular formula is C33H25Cl2FN2O6. The highest BCUT2D eigenvalue weighted by molar-refractivity contribution is 6.58. The number of aromatic hydroxyl groups is 1. The van der Waals surface area contributed by atoms with Gasteiger partial charge in [0, 0.05) is 11.5 Å². The number of hydrogen-bond donors (Lipinski definition) is 1. The highest BCUT2D eigenvalue weighted by Gasteiger charge is 2.77. The Bertz CT molecular complexity index is 1780. The molecule has 4 amide bonds. The molecule has 1 saturated carbocycles. The second-order valence-electron chi connectivity index (χ2n) is 11.5. The minimum atomic E-state index is -2.16. The molecule has 8 nitrogen and oxygen atoms in total. The van der Waals surface area contributed by atoms with Crippen molar-refractivity contribution >= 4 is 58.2 Å². The maximum absolute atomic E-state index is 14.4. The number of fused-ring (bicyclic) bond motifs is 4. The van der Waals surface area contributed by atoms with E-state index in [1.54, 1.807) is 48.5 Å². The molecule has 3 aromatic rings. The minimum Gasteiger partial charge on any atom is -0.504 e. The third-order valence-electron chi connectivity index (χ3n) is 9.47. The number of carbonyl (C=O) groups is 4. The zero-order valence-corrected chi connectivity index (χ0v) is 24.8. The average Bonchev–Trinajstić information content (AvgIpc) is 3.36. The van der Waals surface area contributed by atoms with Gasteiger partial charge in [0.2, 0.25) is 11.8 Å². The second kappa shape index (κ2) is 9.90. The van der Waals surface area contributed by atoms with Crippen molar-refractivity contribution in [3.63, 3.8) is 0 Å². The molecule has 224 valence electrons. The van der Waals surface area contributed by atoms with Crippen LogP contribution in [-0.4, -0.2) is 45.6 Å². The Morgan fingerprint density at radius 2 is 1.52 bits per heavy atom. The summed E-state index contributed by atoms with van der Waals surface area (Å²) < 4.78 is 19.2. The summed E-state index contributed by atoms with van der Waals surface area (Å²) in [4.78, 5) is 54.2. The number of amides is 4. The zero-order chi connectivity index (χ0) is 31.1. The van der Waals surface area contributed by atoms with Gasteiger partial charge in [0.05, 0.1) is 30.3 Å². The van der Waals surface area contributed by atoms with E-state index in [0.717, 1.165) is 17.0 Å². The fourth-order valence-corrected chi connectivity index (χ4v) is 8.44. The van der Waals surface area contributed by atoms with E-state index in [4.69, 9.17) is 27.9 Å². The molecule has 11 heteroatoms. The van der Waals surface area contributed by atoms with E-state index in [2.05, 4.69) is 0 Å². The van der Waals surface area contributed by atoms with E-state index in [1.807, 2.05) is 0 Å². The van der Waals surface area contributed by atoms with Crippen molar-refractivity contribution in [2.45, 2.75) is 28.5 Å². The number of halogens is 3. The van der Waals surface area contributed by atoms with Gasteiger partial charge in [-0.1, -0.05) is 42.0 Å². The first kappa shape index (κ1) is 28.6. The quantitative estimate of drug-likeness (QED) is 0.237. The molecule has 4 aliphatic rings. The van der Waals surface area contributed by atoms with Crippen LogP contribution in [0, 0.1) is 23.6 Å². The lowest BCUT2D eigenvalue weighted by atomic mass is 9.56. The van der Waals surface area contributed by atoms with Gasteiger partial charge in [-0.15, -0.1) is 23.2 Å². The predicted octanol–water partition coefficient (Wildman–Crippen LogP) is 5.31. The molecule has 6 atom stereocenters. The van der Waals surface area contributed by atoms with Crippen molar-refractivity contribution in [3.8, 4) is 11.5 Å². The zero-order valence-electron chi connectivity index (χ0n) is 23.2. The molecule has 2 heterocycles. The molecule has 0 radical (unpaired) electrons. The van der Waals surface area contributed by atoms with Crippen LogP contribution in [-0.2, 0) is 19.2 Å². The summed E-state index contributed by atoms with van der Waals surface area (Å²) in [6.07, 6.45) is 1.74. The van der Waals surface area contributed by atoms with Crippen LogP contribution in [0.1, 0.15) is 24.3 Å². The van der Waals surface area contributed by atoms with Crippen molar-refractivity contribution in [2.24, 2.45) is 17.8 Å². The Kier molecular flexibility index (Phi) is 6.43. The number of nitrogens with zero attached hydrogens (tertiary/aromatic N) is 2.